The number of carbonyl (C=O) groups is 2. The molecule has 0 radical (unpaired) electrons. The molecule has 0 aliphatic carbocycles. The van der Waals surface area contributed by atoms with Crippen LogP contribution in [0.4, 0.5) is 0 Å². The minimum Gasteiger partial charge on any atom is -0.359 e. The van der Waals surface area contributed by atoms with Crippen molar-refractivity contribution in [1.29, 1.82) is 0 Å². The molecule has 1 saturated heterocycles. The van der Waals surface area contributed by atoms with Gasteiger partial charge in [-0.05, 0) is 25.5 Å². The van der Waals surface area contributed by atoms with Gasteiger partial charge >= 0.3 is 0 Å². The Morgan fingerprint density at radius 3 is 2.85 bits per heavy atom. The lowest BCUT2D eigenvalue weighted by molar-refractivity contribution is -0.126. The topological polar surface area (TPSA) is 49.4 Å². The Balaban J connectivity index is 1.98. The number of piperidine rings is 1. The van der Waals surface area contributed by atoms with Gasteiger partial charge in [0, 0.05) is 23.6 Å². The van der Waals surface area contributed by atoms with E-state index in [-0.39, 0.29) is 17.6 Å². The third-order valence-electron chi connectivity index (χ3n) is 3.66. The minimum atomic E-state index is 0.000707. The van der Waals surface area contributed by atoms with Crippen LogP contribution in [0, 0.1) is 5.92 Å². The highest BCUT2D eigenvalue weighted by Gasteiger charge is 2.26. The minimum absolute atomic E-state index is 0.000707. The van der Waals surface area contributed by atoms with Crippen molar-refractivity contribution in [3.8, 4) is 0 Å². The number of rotatable bonds is 4. The first-order valence-corrected chi connectivity index (χ1v) is 7.62. The van der Waals surface area contributed by atoms with Gasteiger partial charge in [0.2, 0.25) is 5.91 Å². The maximum absolute atomic E-state index is 12.3. The van der Waals surface area contributed by atoms with E-state index < -0.39 is 0 Å². The van der Waals surface area contributed by atoms with E-state index in [0.717, 1.165) is 23.9 Å². The quantitative estimate of drug-likeness (QED) is 0.855. The third kappa shape index (κ3) is 3.67. The fraction of sp³-hybridized carbons (Fsp3) is 0.467. The molecule has 1 aliphatic rings. The second-order valence-electron chi connectivity index (χ2n) is 5.09. The molecule has 2 rings (SSSR count). The maximum Gasteiger partial charge on any atom is 0.224 e. The first-order chi connectivity index (χ1) is 9.61. The molecule has 108 valence electrons. The van der Waals surface area contributed by atoms with Crippen LogP contribution in [0.15, 0.2) is 28.7 Å². The second kappa shape index (κ2) is 6.99. The van der Waals surface area contributed by atoms with Crippen LogP contribution in [-0.2, 0) is 4.79 Å². The molecular weight excluding hydrogens is 320 g/mol. The highest BCUT2D eigenvalue weighted by molar-refractivity contribution is 9.10. The van der Waals surface area contributed by atoms with Gasteiger partial charge in [0.25, 0.3) is 0 Å². The number of hydrogen-bond donors (Lipinski definition) is 1. The summed E-state index contributed by atoms with van der Waals surface area (Å²) in [7, 11) is 1.66. The molecule has 1 heterocycles. The van der Waals surface area contributed by atoms with Crippen molar-refractivity contribution < 1.29 is 9.59 Å². The average molecular weight is 339 g/mol. The summed E-state index contributed by atoms with van der Waals surface area (Å²) >= 11 is 3.40. The van der Waals surface area contributed by atoms with Crippen molar-refractivity contribution in [1.82, 2.24) is 10.2 Å². The molecule has 1 aromatic rings. The van der Waals surface area contributed by atoms with Crippen molar-refractivity contribution in [2.24, 2.45) is 5.92 Å². The van der Waals surface area contributed by atoms with Crippen LogP contribution in [0.1, 0.15) is 23.2 Å². The maximum atomic E-state index is 12.3. The molecule has 0 spiro atoms. The average Bonchev–Trinajstić information content (AvgIpc) is 2.47. The summed E-state index contributed by atoms with van der Waals surface area (Å²) < 4.78 is 0.824. The summed E-state index contributed by atoms with van der Waals surface area (Å²) in [6.07, 6.45) is 1.86. The molecule has 20 heavy (non-hydrogen) atoms. The molecule has 0 aromatic heterocycles. The monoisotopic (exact) mass is 338 g/mol. The highest BCUT2D eigenvalue weighted by Crippen LogP contribution is 2.20. The molecule has 0 bridgehead atoms. The number of ketones is 1. The van der Waals surface area contributed by atoms with E-state index in [4.69, 9.17) is 0 Å². The summed E-state index contributed by atoms with van der Waals surface area (Å²) in [6, 6.07) is 7.45. The summed E-state index contributed by atoms with van der Waals surface area (Å²) in [5, 5.41) is 2.69. The van der Waals surface area contributed by atoms with Crippen LogP contribution in [0.5, 0.6) is 0 Å². The van der Waals surface area contributed by atoms with Crippen LogP contribution in [0.25, 0.3) is 0 Å². The molecule has 1 aromatic carbocycles. The zero-order valence-electron chi connectivity index (χ0n) is 11.6. The SMILES string of the molecule is CNC(=O)C1CCCN(CC(=O)c2ccccc2Br)C1. The Morgan fingerprint density at radius 1 is 1.40 bits per heavy atom. The van der Waals surface area contributed by atoms with E-state index in [2.05, 4.69) is 26.1 Å². The molecule has 1 fully saturated rings. The van der Waals surface area contributed by atoms with Crippen molar-refractivity contribution in [2.45, 2.75) is 12.8 Å². The van der Waals surface area contributed by atoms with Crippen LogP contribution < -0.4 is 5.32 Å². The predicted octanol–water partition coefficient (Wildman–Crippen LogP) is 2.09. The van der Waals surface area contributed by atoms with E-state index in [1.165, 1.54) is 0 Å². The molecule has 1 N–H and O–H groups in total. The smallest absolute Gasteiger partial charge is 0.224 e. The normalized spacial score (nSPS) is 19.6. The summed E-state index contributed by atoms with van der Waals surface area (Å²) in [5.41, 5.74) is 0.703. The van der Waals surface area contributed by atoms with E-state index in [1.807, 2.05) is 24.3 Å². The molecule has 4 nitrogen and oxygen atoms in total. The van der Waals surface area contributed by atoms with E-state index in [1.54, 1.807) is 7.05 Å². The predicted molar refractivity (Wildman–Crippen MR) is 81.7 cm³/mol. The van der Waals surface area contributed by atoms with Crippen molar-refractivity contribution in [2.75, 3.05) is 26.7 Å². The zero-order valence-corrected chi connectivity index (χ0v) is 13.1. The summed E-state index contributed by atoms with van der Waals surface area (Å²) in [4.78, 5) is 26.1. The van der Waals surface area contributed by atoms with Crippen LogP contribution in [0.3, 0.4) is 0 Å². The molecule has 1 aliphatic heterocycles. The number of nitrogens with one attached hydrogen (secondary N) is 1. The Hall–Kier alpha value is -1.20. The number of benzene rings is 1. The lowest BCUT2D eigenvalue weighted by Crippen LogP contribution is -2.44. The fourth-order valence-corrected chi connectivity index (χ4v) is 3.10. The highest BCUT2D eigenvalue weighted by atomic mass is 79.9. The van der Waals surface area contributed by atoms with Crippen molar-refractivity contribution >= 4 is 27.6 Å². The van der Waals surface area contributed by atoms with Gasteiger partial charge in [-0.2, -0.15) is 0 Å². The van der Waals surface area contributed by atoms with Gasteiger partial charge in [-0.1, -0.05) is 34.1 Å². The molecule has 1 amide bonds. The summed E-state index contributed by atoms with van der Waals surface area (Å²) in [6.45, 7) is 1.91. The standard InChI is InChI=1S/C15H19BrN2O2/c1-17-15(20)11-5-4-8-18(9-11)10-14(19)12-6-2-3-7-13(12)16/h2-3,6-7,11H,4-5,8-10H2,1H3,(H,17,20). The fourth-order valence-electron chi connectivity index (χ4n) is 2.59. The van der Waals surface area contributed by atoms with Gasteiger partial charge in [0.05, 0.1) is 12.5 Å². The lowest BCUT2D eigenvalue weighted by atomic mass is 9.96. The molecule has 0 saturated carbocycles. The zero-order chi connectivity index (χ0) is 14.5. The number of carbonyl (C=O) groups excluding carboxylic acids is 2. The largest absolute Gasteiger partial charge is 0.359 e. The number of likely N-dealkylation sites (tertiary alicyclic amines) is 1. The van der Waals surface area contributed by atoms with Crippen molar-refractivity contribution in [3.63, 3.8) is 0 Å². The Bertz CT molecular complexity index is 504. The second-order valence-corrected chi connectivity index (χ2v) is 5.95. The molecule has 5 heteroatoms. The Kier molecular flexibility index (Phi) is 5.31. The number of Topliss-reactive ketones (excluding diaryl/α,β-unsaturated/α-hetero) is 1. The number of nitrogens with zero attached hydrogens (tertiary/aromatic N) is 1. The van der Waals surface area contributed by atoms with Gasteiger partial charge in [0.1, 0.15) is 0 Å². The van der Waals surface area contributed by atoms with E-state index >= 15 is 0 Å². The van der Waals surface area contributed by atoms with E-state index in [0.29, 0.717) is 18.7 Å². The van der Waals surface area contributed by atoms with Gasteiger partial charge in [0.15, 0.2) is 5.78 Å². The van der Waals surface area contributed by atoms with Gasteiger partial charge < -0.3 is 5.32 Å². The number of amides is 1. The first-order valence-electron chi connectivity index (χ1n) is 6.83. The molecule has 1 atom stereocenters. The van der Waals surface area contributed by atoms with Crippen LogP contribution in [0.2, 0.25) is 0 Å². The van der Waals surface area contributed by atoms with E-state index in [9.17, 15) is 9.59 Å². The Morgan fingerprint density at radius 2 is 2.15 bits per heavy atom. The first kappa shape index (κ1) is 15.2. The van der Waals surface area contributed by atoms with Gasteiger partial charge in [-0.25, -0.2) is 0 Å². The van der Waals surface area contributed by atoms with Crippen molar-refractivity contribution in [3.05, 3.63) is 34.3 Å². The molecule has 1 unspecified atom stereocenters. The van der Waals surface area contributed by atoms with Crippen LogP contribution in [-0.4, -0.2) is 43.3 Å². The lowest BCUT2D eigenvalue weighted by Gasteiger charge is -2.31. The third-order valence-corrected chi connectivity index (χ3v) is 4.36. The van der Waals surface area contributed by atoms with Crippen LogP contribution >= 0.6 is 15.9 Å². The number of hydrogen-bond acceptors (Lipinski definition) is 3. The number of halogens is 1. The van der Waals surface area contributed by atoms with Gasteiger partial charge in [-0.3, -0.25) is 14.5 Å². The molecular formula is C15H19BrN2O2. The summed E-state index contributed by atoms with van der Waals surface area (Å²) in [5.74, 6) is 0.166. The Labute approximate surface area is 127 Å². The van der Waals surface area contributed by atoms with Gasteiger partial charge in [-0.15, -0.1) is 0 Å².